The molecule has 3 nitrogen and oxygen atoms in total. The summed E-state index contributed by atoms with van der Waals surface area (Å²) >= 11 is 11.4. The molecule has 0 spiro atoms. The Balaban J connectivity index is 2.00. The molecule has 0 unspecified atom stereocenters. The van der Waals surface area contributed by atoms with Crippen molar-refractivity contribution in [3.63, 3.8) is 0 Å². The highest BCUT2D eigenvalue weighted by molar-refractivity contribution is 6.55. The Bertz CT molecular complexity index is 548. The summed E-state index contributed by atoms with van der Waals surface area (Å²) in [6, 6.07) is 7.34. The molecule has 114 valence electrons. The van der Waals surface area contributed by atoms with Gasteiger partial charge in [0.25, 0.3) is 0 Å². The van der Waals surface area contributed by atoms with Crippen molar-refractivity contribution in [3.8, 4) is 5.75 Å². The SMILES string of the molecule is CCOc1ccc(NC(=O)[C@H]2[C@@H](C=C(Cl)Cl)C2(C)C)cc1. The summed E-state index contributed by atoms with van der Waals surface area (Å²) in [7, 11) is 0. The summed E-state index contributed by atoms with van der Waals surface area (Å²) in [4.78, 5) is 12.3. The first kappa shape index (κ1) is 16.2. The van der Waals surface area contributed by atoms with Gasteiger partial charge in [-0.2, -0.15) is 0 Å². The molecule has 2 atom stereocenters. The number of amides is 1. The predicted molar refractivity (Wildman–Crippen MR) is 86.8 cm³/mol. The van der Waals surface area contributed by atoms with E-state index in [-0.39, 0.29) is 27.6 Å². The standard InChI is InChI=1S/C16H19Cl2NO2/c1-4-21-11-7-5-10(6-8-11)19-15(20)14-12(9-13(17)18)16(14,2)3/h5-9,12,14H,4H2,1-3H3,(H,19,20)/t12-,14-/m1/s1. The summed E-state index contributed by atoms with van der Waals surface area (Å²) in [6.45, 7) is 6.62. The van der Waals surface area contributed by atoms with Gasteiger partial charge in [-0.3, -0.25) is 4.79 Å². The summed E-state index contributed by atoms with van der Waals surface area (Å²) < 4.78 is 5.58. The highest BCUT2D eigenvalue weighted by Gasteiger charge is 2.60. The number of hydrogen-bond donors (Lipinski definition) is 1. The number of benzene rings is 1. The van der Waals surface area contributed by atoms with E-state index in [0.717, 1.165) is 11.4 Å². The second kappa shape index (κ2) is 6.29. The molecule has 1 aliphatic carbocycles. The van der Waals surface area contributed by atoms with E-state index < -0.39 is 0 Å². The van der Waals surface area contributed by atoms with Crippen molar-refractivity contribution in [1.82, 2.24) is 0 Å². The van der Waals surface area contributed by atoms with E-state index in [1.54, 1.807) is 6.08 Å². The van der Waals surface area contributed by atoms with Gasteiger partial charge in [-0.1, -0.05) is 37.0 Å². The zero-order valence-corrected chi connectivity index (χ0v) is 13.8. The molecule has 1 N–H and O–H groups in total. The fourth-order valence-electron chi connectivity index (χ4n) is 2.65. The quantitative estimate of drug-likeness (QED) is 0.857. The lowest BCUT2D eigenvalue weighted by Crippen LogP contribution is -2.16. The zero-order chi connectivity index (χ0) is 15.6. The number of anilines is 1. The van der Waals surface area contributed by atoms with Crippen LogP contribution in [0.2, 0.25) is 0 Å². The van der Waals surface area contributed by atoms with Crippen molar-refractivity contribution in [2.24, 2.45) is 17.3 Å². The molecular weight excluding hydrogens is 309 g/mol. The molecule has 1 aromatic rings. The van der Waals surface area contributed by atoms with Gasteiger partial charge in [-0.15, -0.1) is 0 Å². The largest absolute Gasteiger partial charge is 0.494 e. The van der Waals surface area contributed by atoms with Crippen LogP contribution in [0.25, 0.3) is 0 Å². The Morgan fingerprint density at radius 2 is 1.95 bits per heavy atom. The van der Waals surface area contributed by atoms with Crippen LogP contribution in [-0.4, -0.2) is 12.5 Å². The van der Waals surface area contributed by atoms with E-state index in [2.05, 4.69) is 5.32 Å². The molecule has 1 saturated carbocycles. The van der Waals surface area contributed by atoms with Crippen molar-refractivity contribution in [2.45, 2.75) is 20.8 Å². The van der Waals surface area contributed by atoms with E-state index in [9.17, 15) is 4.79 Å². The minimum atomic E-state index is -0.121. The average Bonchev–Trinajstić information content (AvgIpc) is 2.92. The normalized spacial score (nSPS) is 22.3. The molecule has 0 aliphatic heterocycles. The van der Waals surface area contributed by atoms with Gasteiger partial charge in [0.2, 0.25) is 5.91 Å². The molecule has 1 aromatic carbocycles. The molecular formula is C16H19Cl2NO2. The van der Waals surface area contributed by atoms with E-state index in [0.29, 0.717) is 6.61 Å². The molecule has 0 bridgehead atoms. The number of halogens is 2. The highest BCUT2D eigenvalue weighted by Crippen LogP contribution is 2.60. The molecule has 0 heterocycles. The minimum absolute atomic E-state index is 0.0139. The molecule has 1 amide bonds. The van der Waals surface area contributed by atoms with Crippen LogP contribution in [0.1, 0.15) is 20.8 Å². The number of carbonyl (C=O) groups is 1. The van der Waals surface area contributed by atoms with E-state index in [4.69, 9.17) is 27.9 Å². The number of nitrogens with one attached hydrogen (secondary N) is 1. The first-order chi connectivity index (χ1) is 9.86. The Labute approximate surface area is 135 Å². The van der Waals surface area contributed by atoms with Gasteiger partial charge in [-0.05, 0) is 48.6 Å². The average molecular weight is 328 g/mol. The maximum atomic E-state index is 12.3. The summed E-state index contributed by atoms with van der Waals surface area (Å²) in [6.07, 6.45) is 1.74. The Morgan fingerprint density at radius 3 is 2.48 bits per heavy atom. The van der Waals surface area contributed by atoms with E-state index in [1.165, 1.54) is 0 Å². The minimum Gasteiger partial charge on any atom is -0.494 e. The number of rotatable bonds is 5. The van der Waals surface area contributed by atoms with E-state index >= 15 is 0 Å². The molecule has 0 saturated heterocycles. The highest BCUT2D eigenvalue weighted by atomic mass is 35.5. The number of allylic oxidation sites excluding steroid dienone is 1. The Morgan fingerprint density at radius 1 is 1.33 bits per heavy atom. The molecule has 0 aromatic heterocycles. The van der Waals surface area contributed by atoms with E-state index in [1.807, 2.05) is 45.0 Å². The first-order valence-corrected chi connectivity index (χ1v) is 7.68. The van der Waals surface area contributed by atoms with Gasteiger partial charge in [0, 0.05) is 5.69 Å². The lowest BCUT2D eigenvalue weighted by Gasteiger charge is -2.07. The van der Waals surface area contributed by atoms with Gasteiger partial charge < -0.3 is 10.1 Å². The van der Waals surface area contributed by atoms with Crippen LogP contribution in [0.3, 0.4) is 0 Å². The third kappa shape index (κ3) is 3.72. The molecule has 1 fully saturated rings. The fourth-order valence-corrected chi connectivity index (χ4v) is 2.92. The first-order valence-electron chi connectivity index (χ1n) is 6.92. The third-order valence-electron chi connectivity index (χ3n) is 3.93. The zero-order valence-electron chi connectivity index (χ0n) is 12.3. The Hall–Kier alpha value is -1.19. The van der Waals surface area contributed by atoms with Crippen molar-refractivity contribution in [1.29, 1.82) is 0 Å². The smallest absolute Gasteiger partial charge is 0.228 e. The fraction of sp³-hybridized carbons (Fsp3) is 0.438. The Kier molecular flexibility index (Phi) is 4.84. The molecule has 2 rings (SSSR count). The topological polar surface area (TPSA) is 38.3 Å². The maximum absolute atomic E-state index is 12.3. The van der Waals surface area contributed by atoms with Gasteiger partial charge in [0.05, 0.1) is 12.5 Å². The molecule has 5 heteroatoms. The van der Waals surface area contributed by atoms with Crippen molar-refractivity contribution in [2.75, 3.05) is 11.9 Å². The molecule has 0 radical (unpaired) electrons. The van der Waals surface area contributed by atoms with Gasteiger partial charge in [-0.25, -0.2) is 0 Å². The lowest BCUT2D eigenvalue weighted by molar-refractivity contribution is -0.118. The molecule has 1 aliphatic rings. The van der Waals surface area contributed by atoms with Crippen molar-refractivity contribution >= 4 is 34.8 Å². The van der Waals surface area contributed by atoms with Crippen LogP contribution in [0.15, 0.2) is 34.8 Å². The van der Waals surface area contributed by atoms with Crippen molar-refractivity contribution in [3.05, 3.63) is 34.8 Å². The van der Waals surface area contributed by atoms with Gasteiger partial charge in [0.15, 0.2) is 0 Å². The maximum Gasteiger partial charge on any atom is 0.228 e. The van der Waals surface area contributed by atoms with Crippen LogP contribution in [-0.2, 0) is 4.79 Å². The second-order valence-corrected chi connectivity index (χ2v) is 6.74. The second-order valence-electron chi connectivity index (χ2n) is 5.73. The van der Waals surface area contributed by atoms with Crippen molar-refractivity contribution < 1.29 is 9.53 Å². The number of ether oxygens (including phenoxy) is 1. The summed E-state index contributed by atoms with van der Waals surface area (Å²) in [5.74, 6) is 0.735. The lowest BCUT2D eigenvalue weighted by atomic mass is 10.1. The third-order valence-corrected chi connectivity index (χ3v) is 4.18. The van der Waals surface area contributed by atoms with Gasteiger partial charge >= 0.3 is 0 Å². The predicted octanol–water partition coefficient (Wildman–Crippen LogP) is 4.62. The van der Waals surface area contributed by atoms with Gasteiger partial charge in [0.1, 0.15) is 10.2 Å². The van der Waals surface area contributed by atoms with Crippen LogP contribution in [0.4, 0.5) is 5.69 Å². The summed E-state index contributed by atoms with van der Waals surface area (Å²) in [5.41, 5.74) is 0.635. The molecule has 21 heavy (non-hydrogen) atoms. The number of carbonyl (C=O) groups excluding carboxylic acids is 1. The number of hydrogen-bond acceptors (Lipinski definition) is 2. The van der Waals surface area contributed by atoms with Crippen LogP contribution >= 0.6 is 23.2 Å². The van der Waals surface area contributed by atoms with Crippen LogP contribution < -0.4 is 10.1 Å². The van der Waals surface area contributed by atoms with Crippen LogP contribution in [0.5, 0.6) is 5.75 Å². The summed E-state index contributed by atoms with van der Waals surface area (Å²) in [5, 5.41) is 2.92. The van der Waals surface area contributed by atoms with Crippen LogP contribution in [0, 0.1) is 17.3 Å². The monoisotopic (exact) mass is 327 g/mol.